The molecule has 0 saturated heterocycles. The zero-order valence-corrected chi connectivity index (χ0v) is 12.7. The summed E-state index contributed by atoms with van der Waals surface area (Å²) in [4.78, 5) is 0. The number of rotatable bonds is 4. The fourth-order valence-corrected chi connectivity index (χ4v) is 2.44. The molecule has 2 aromatic rings. The van der Waals surface area contributed by atoms with Crippen LogP contribution >= 0.6 is 0 Å². The van der Waals surface area contributed by atoms with Crippen LogP contribution in [0.1, 0.15) is 11.1 Å². The molecule has 0 aliphatic rings. The molecular weight excluding hydrogens is 274 g/mol. The van der Waals surface area contributed by atoms with Crippen molar-refractivity contribution < 1.29 is 8.42 Å². The van der Waals surface area contributed by atoms with E-state index in [-0.39, 0.29) is 5.75 Å². The van der Waals surface area contributed by atoms with Crippen molar-refractivity contribution in [3.8, 4) is 11.3 Å². The summed E-state index contributed by atoms with van der Waals surface area (Å²) < 4.78 is 23.9. The summed E-state index contributed by atoms with van der Waals surface area (Å²) in [5, 5.41) is 4.38. The second-order valence-electron chi connectivity index (χ2n) is 5.13. The maximum absolute atomic E-state index is 11.2. The van der Waals surface area contributed by atoms with Crippen molar-refractivity contribution in [2.45, 2.75) is 20.4 Å². The van der Waals surface area contributed by atoms with E-state index in [1.54, 1.807) is 10.9 Å². The van der Waals surface area contributed by atoms with Crippen LogP contribution in [0.15, 0.2) is 24.4 Å². The average molecular weight is 293 g/mol. The van der Waals surface area contributed by atoms with Gasteiger partial charge in [0.25, 0.3) is 0 Å². The summed E-state index contributed by atoms with van der Waals surface area (Å²) in [5.74, 6) is 0.0560. The largest absolute Gasteiger partial charge is 0.396 e. The number of aryl methyl sites for hydroxylation is 3. The van der Waals surface area contributed by atoms with E-state index in [9.17, 15) is 8.42 Å². The van der Waals surface area contributed by atoms with Gasteiger partial charge in [-0.3, -0.25) is 4.68 Å². The van der Waals surface area contributed by atoms with Crippen LogP contribution in [-0.4, -0.2) is 30.2 Å². The number of hydrogen-bond acceptors (Lipinski definition) is 4. The highest BCUT2D eigenvalue weighted by atomic mass is 32.2. The highest BCUT2D eigenvalue weighted by Gasteiger charge is 2.11. The molecule has 0 spiro atoms. The third-order valence-corrected chi connectivity index (χ3v) is 4.19. The molecule has 0 bridgehead atoms. The molecule has 108 valence electrons. The smallest absolute Gasteiger partial charge is 0.149 e. The molecule has 0 atom stereocenters. The van der Waals surface area contributed by atoms with Gasteiger partial charge in [0.2, 0.25) is 0 Å². The van der Waals surface area contributed by atoms with Crippen LogP contribution < -0.4 is 5.73 Å². The molecule has 0 saturated carbocycles. The van der Waals surface area contributed by atoms with Gasteiger partial charge in [-0.25, -0.2) is 8.42 Å². The lowest BCUT2D eigenvalue weighted by Gasteiger charge is -2.03. The number of hydrogen-bond donors (Lipinski definition) is 1. The van der Waals surface area contributed by atoms with Crippen molar-refractivity contribution in [1.29, 1.82) is 0 Å². The Balaban J connectivity index is 2.29. The SMILES string of the molecule is Cc1ccc(-c2nn(CCS(C)(=O)=O)cc2N)cc1C. The first kappa shape index (κ1) is 14.6. The van der Waals surface area contributed by atoms with Gasteiger partial charge < -0.3 is 5.73 Å². The van der Waals surface area contributed by atoms with Gasteiger partial charge in [0.15, 0.2) is 0 Å². The number of benzene rings is 1. The fraction of sp³-hybridized carbons (Fsp3) is 0.357. The van der Waals surface area contributed by atoms with Gasteiger partial charge in [-0.1, -0.05) is 12.1 Å². The number of aromatic nitrogens is 2. The highest BCUT2D eigenvalue weighted by Crippen LogP contribution is 2.25. The van der Waals surface area contributed by atoms with Crippen LogP contribution in [-0.2, 0) is 16.4 Å². The maximum Gasteiger partial charge on any atom is 0.149 e. The first-order chi connectivity index (χ1) is 9.26. The van der Waals surface area contributed by atoms with E-state index >= 15 is 0 Å². The normalized spacial score (nSPS) is 11.8. The van der Waals surface area contributed by atoms with Gasteiger partial charge in [0.05, 0.1) is 18.0 Å². The summed E-state index contributed by atoms with van der Waals surface area (Å²) in [7, 11) is -3.00. The first-order valence-corrected chi connectivity index (χ1v) is 8.40. The number of anilines is 1. The minimum absolute atomic E-state index is 0.0560. The topological polar surface area (TPSA) is 78.0 Å². The van der Waals surface area contributed by atoms with Gasteiger partial charge in [0.1, 0.15) is 15.5 Å². The molecule has 1 aromatic carbocycles. The van der Waals surface area contributed by atoms with Gasteiger partial charge in [-0.05, 0) is 31.0 Å². The Labute approximate surface area is 119 Å². The first-order valence-electron chi connectivity index (χ1n) is 6.34. The third kappa shape index (κ3) is 3.39. The Morgan fingerprint density at radius 2 is 1.95 bits per heavy atom. The van der Waals surface area contributed by atoms with Gasteiger partial charge in [-0.2, -0.15) is 5.10 Å². The van der Waals surface area contributed by atoms with E-state index in [0.29, 0.717) is 17.9 Å². The van der Waals surface area contributed by atoms with E-state index in [4.69, 9.17) is 5.73 Å². The lowest BCUT2D eigenvalue weighted by Crippen LogP contribution is -2.11. The molecule has 6 heteroatoms. The van der Waals surface area contributed by atoms with Crippen molar-refractivity contribution in [3.05, 3.63) is 35.5 Å². The van der Waals surface area contributed by atoms with E-state index in [0.717, 1.165) is 5.56 Å². The zero-order chi connectivity index (χ0) is 14.9. The van der Waals surface area contributed by atoms with E-state index < -0.39 is 9.84 Å². The third-order valence-electron chi connectivity index (χ3n) is 3.26. The molecule has 0 unspecified atom stereocenters. The second kappa shape index (κ2) is 5.28. The second-order valence-corrected chi connectivity index (χ2v) is 7.38. The Kier molecular flexibility index (Phi) is 3.85. The molecule has 0 radical (unpaired) electrons. The molecule has 2 rings (SSSR count). The summed E-state index contributed by atoms with van der Waals surface area (Å²) in [6.45, 7) is 4.40. The Morgan fingerprint density at radius 1 is 1.25 bits per heavy atom. The lowest BCUT2D eigenvalue weighted by molar-refractivity contribution is 0.586. The monoisotopic (exact) mass is 293 g/mol. The summed E-state index contributed by atoms with van der Waals surface area (Å²) in [6, 6.07) is 6.04. The lowest BCUT2D eigenvalue weighted by atomic mass is 10.0. The van der Waals surface area contributed by atoms with Crippen molar-refractivity contribution in [3.63, 3.8) is 0 Å². The Hall–Kier alpha value is -1.82. The van der Waals surface area contributed by atoms with Crippen LogP contribution in [0, 0.1) is 13.8 Å². The average Bonchev–Trinajstić information content (AvgIpc) is 2.71. The Morgan fingerprint density at radius 3 is 2.55 bits per heavy atom. The summed E-state index contributed by atoms with van der Waals surface area (Å²) in [6.07, 6.45) is 2.89. The molecule has 1 heterocycles. The molecule has 0 aliphatic carbocycles. The van der Waals surface area contributed by atoms with Gasteiger partial charge in [0, 0.05) is 18.0 Å². The highest BCUT2D eigenvalue weighted by molar-refractivity contribution is 7.90. The molecule has 20 heavy (non-hydrogen) atoms. The molecule has 0 fully saturated rings. The fourth-order valence-electron chi connectivity index (χ4n) is 1.92. The number of nitrogens with two attached hydrogens (primary N) is 1. The van der Waals surface area contributed by atoms with E-state index in [2.05, 4.69) is 5.10 Å². The van der Waals surface area contributed by atoms with Crippen LogP contribution in [0.3, 0.4) is 0 Å². The summed E-state index contributed by atoms with van der Waals surface area (Å²) in [5.41, 5.74) is 10.6. The maximum atomic E-state index is 11.2. The molecular formula is C14H19N3O2S. The minimum Gasteiger partial charge on any atom is -0.396 e. The standard InChI is InChI=1S/C14H19N3O2S/c1-10-4-5-12(8-11(10)2)14-13(15)9-17(16-14)6-7-20(3,18)19/h4-5,8-9H,6-7,15H2,1-3H3. The van der Waals surface area contributed by atoms with E-state index in [1.807, 2.05) is 32.0 Å². The summed E-state index contributed by atoms with van der Waals surface area (Å²) >= 11 is 0. The van der Waals surface area contributed by atoms with Gasteiger partial charge >= 0.3 is 0 Å². The van der Waals surface area contributed by atoms with E-state index in [1.165, 1.54) is 17.4 Å². The quantitative estimate of drug-likeness (QED) is 0.932. The molecule has 0 aliphatic heterocycles. The van der Waals surface area contributed by atoms with Crippen molar-refractivity contribution in [2.75, 3.05) is 17.7 Å². The predicted molar refractivity (Wildman–Crippen MR) is 81.3 cm³/mol. The number of nitrogen functional groups attached to an aromatic ring is 1. The minimum atomic E-state index is -3.00. The van der Waals surface area contributed by atoms with Crippen molar-refractivity contribution in [1.82, 2.24) is 9.78 Å². The molecule has 1 aromatic heterocycles. The molecule has 0 amide bonds. The van der Waals surface area contributed by atoms with Crippen LogP contribution in [0.25, 0.3) is 11.3 Å². The van der Waals surface area contributed by atoms with Crippen LogP contribution in [0.4, 0.5) is 5.69 Å². The molecule has 5 nitrogen and oxygen atoms in total. The molecule has 2 N–H and O–H groups in total. The number of sulfone groups is 1. The Bertz CT molecular complexity index is 733. The van der Waals surface area contributed by atoms with Crippen LogP contribution in [0.5, 0.6) is 0 Å². The van der Waals surface area contributed by atoms with Crippen molar-refractivity contribution in [2.24, 2.45) is 0 Å². The van der Waals surface area contributed by atoms with Gasteiger partial charge in [-0.15, -0.1) is 0 Å². The number of nitrogens with zero attached hydrogens (tertiary/aromatic N) is 2. The predicted octanol–water partition coefficient (Wildman–Crippen LogP) is 1.79. The zero-order valence-electron chi connectivity index (χ0n) is 11.9. The van der Waals surface area contributed by atoms with Crippen molar-refractivity contribution >= 4 is 15.5 Å². The van der Waals surface area contributed by atoms with Crippen LogP contribution in [0.2, 0.25) is 0 Å².